The predicted octanol–water partition coefficient (Wildman–Crippen LogP) is 15.0. The first kappa shape index (κ1) is 44.1. The lowest BCUT2D eigenvalue weighted by Crippen LogP contribution is -1.96. The maximum Gasteiger partial charge on any atom is -0.00254 e. The first-order chi connectivity index (χ1) is 23.5. The molecule has 0 N–H and O–H groups in total. The van der Waals surface area contributed by atoms with E-state index in [1.54, 1.807) is 0 Å². The van der Waals surface area contributed by atoms with Crippen LogP contribution in [0.2, 0.25) is 0 Å². The van der Waals surface area contributed by atoms with Gasteiger partial charge in [0, 0.05) is 0 Å². The Labute approximate surface area is 309 Å². The fourth-order valence-corrected chi connectivity index (χ4v) is 5.95. The Kier molecular flexibility index (Phi) is 18.3. The molecule has 0 fully saturated rings. The first-order valence-electron chi connectivity index (χ1n) is 18.8. The summed E-state index contributed by atoms with van der Waals surface area (Å²) in [5, 5.41) is 0. The Morgan fingerprint density at radius 2 is 0.540 bits per heavy atom. The summed E-state index contributed by atoms with van der Waals surface area (Å²) in [5.41, 5.74) is 26.5. The second-order valence-electron chi connectivity index (χ2n) is 13.9. The molecule has 5 rings (SSSR count). The van der Waals surface area contributed by atoms with Crippen molar-refractivity contribution in [2.24, 2.45) is 0 Å². The van der Waals surface area contributed by atoms with Crippen LogP contribution in [-0.4, -0.2) is 0 Å². The van der Waals surface area contributed by atoms with Crippen LogP contribution in [0.5, 0.6) is 0 Å². The summed E-state index contributed by atoms with van der Waals surface area (Å²) in [6.45, 7) is 40.8. The van der Waals surface area contributed by atoms with Gasteiger partial charge in [-0.15, -0.1) is 0 Å². The summed E-state index contributed by atoms with van der Waals surface area (Å²) >= 11 is 0. The Balaban J connectivity index is 0.000000367. The van der Waals surface area contributed by atoms with Crippen LogP contribution in [0.25, 0.3) is 11.1 Å². The maximum atomic E-state index is 2.33. The molecule has 0 radical (unpaired) electrons. The van der Waals surface area contributed by atoms with Crippen molar-refractivity contribution in [3.63, 3.8) is 0 Å². The highest BCUT2D eigenvalue weighted by Gasteiger charge is 2.06. The van der Waals surface area contributed by atoms with Gasteiger partial charge in [-0.05, 0) is 216 Å². The van der Waals surface area contributed by atoms with E-state index in [0.717, 1.165) is 6.42 Å². The van der Waals surface area contributed by atoms with Crippen molar-refractivity contribution in [3.8, 4) is 11.1 Å². The van der Waals surface area contributed by atoms with E-state index in [1.165, 1.54) is 106 Å². The standard InChI is InChI=1S/C19H24.C16H18.C11H16.2C2H6/c1-12-7-18(8-13(2)16(12)5)11-19-9-14(3)17(6)15(4)10-19;1-11-5-7-15(9-13(11)3)16-8-6-12(2)14(4)10-16;1-7-6-8(2)10(4)11(5)9(7)3;2*1-2/h7-10H,11H2,1-6H3;5-10H,1-4H3;6H,1-5H3;2*1-2H3. The fourth-order valence-electron chi connectivity index (χ4n) is 5.95. The lowest BCUT2D eigenvalue weighted by molar-refractivity contribution is 1.12. The van der Waals surface area contributed by atoms with Gasteiger partial charge in [-0.1, -0.05) is 94.4 Å². The van der Waals surface area contributed by atoms with Gasteiger partial charge in [0.05, 0.1) is 0 Å². The number of rotatable bonds is 3. The fraction of sp³-hybridized carbons (Fsp3) is 0.400. The van der Waals surface area contributed by atoms with E-state index >= 15 is 0 Å². The van der Waals surface area contributed by atoms with Gasteiger partial charge in [-0.3, -0.25) is 0 Å². The van der Waals surface area contributed by atoms with Crippen molar-refractivity contribution >= 4 is 0 Å². The summed E-state index contributed by atoms with van der Waals surface area (Å²) in [7, 11) is 0. The van der Waals surface area contributed by atoms with Crippen molar-refractivity contribution in [2.75, 3.05) is 0 Å². The van der Waals surface area contributed by atoms with Gasteiger partial charge in [-0.25, -0.2) is 0 Å². The molecule has 0 aromatic heterocycles. The molecule has 0 unspecified atom stereocenters. The second-order valence-corrected chi connectivity index (χ2v) is 13.9. The zero-order valence-electron chi connectivity index (χ0n) is 35.6. The Hall–Kier alpha value is -3.90. The van der Waals surface area contributed by atoms with Crippen LogP contribution in [0, 0.1) is 104 Å². The summed E-state index contributed by atoms with van der Waals surface area (Å²) in [5.74, 6) is 0. The minimum Gasteiger partial charge on any atom is -0.0683 e. The van der Waals surface area contributed by atoms with Crippen molar-refractivity contribution < 1.29 is 0 Å². The largest absolute Gasteiger partial charge is 0.0683 e. The number of aryl methyl sites for hydroxylation is 10. The molecule has 50 heavy (non-hydrogen) atoms. The van der Waals surface area contributed by atoms with Gasteiger partial charge in [0.25, 0.3) is 0 Å². The molecule has 0 atom stereocenters. The molecule has 0 saturated heterocycles. The highest BCUT2D eigenvalue weighted by atomic mass is 14.1. The molecular weight excluding hydrogens is 601 g/mol. The smallest absolute Gasteiger partial charge is 0.00254 e. The van der Waals surface area contributed by atoms with Gasteiger partial charge < -0.3 is 0 Å². The number of hydrogen-bond donors (Lipinski definition) is 0. The van der Waals surface area contributed by atoms with Gasteiger partial charge in [0.2, 0.25) is 0 Å². The molecule has 5 aromatic rings. The number of benzene rings is 5. The molecule has 0 spiro atoms. The van der Waals surface area contributed by atoms with Crippen LogP contribution in [0.3, 0.4) is 0 Å². The van der Waals surface area contributed by atoms with Gasteiger partial charge in [-0.2, -0.15) is 0 Å². The zero-order valence-corrected chi connectivity index (χ0v) is 35.6. The zero-order chi connectivity index (χ0) is 38.5. The van der Waals surface area contributed by atoms with Gasteiger partial charge >= 0.3 is 0 Å². The Morgan fingerprint density at radius 1 is 0.260 bits per heavy atom. The van der Waals surface area contributed by atoms with E-state index in [0.29, 0.717) is 0 Å². The minimum atomic E-state index is 1.03. The van der Waals surface area contributed by atoms with Crippen LogP contribution in [0.1, 0.15) is 122 Å². The van der Waals surface area contributed by atoms with Crippen molar-refractivity contribution in [1.29, 1.82) is 0 Å². The molecule has 0 nitrogen and oxygen atoms in total. The van der Waals surface area contributed by atoms with E-state index in [4.69, 9.17) is 0 Å². The van der Waals surface area contributed by atoms with E-state index in [-0.39, 0.29) is 0 Å². The number of hydrogen-bond acceptors (Lipinski definition) is 0. The third kappa shape index (κ3) is 12.2. The third-order valence-electron chi connectivity index (χ3n) is 10.5. The van der Waals surface area contributed by atoms with Crippen LogP contribution >= 0.6 is 0 Å². The Morgan fingerprint density at radius 3 is 0.820 bits per heavy atom. The molecule has 0 bridgehead atoms. The second kappa shape index (κ2) is 20.7. The maximum absolute atomic E-state index is 2.33. The Bertz CT molecular complexity index is 1670. The van der Waals surface area contributed by atoms with Crippen molar-refractivity contribution in [2.45, 2.75) is 138 Å². The highest BCUT2D eigenvalue weighted by Crippen LogP contribution is 2.25. The van der Waals surface area contributed by atoms with E-state index < -0.39 is 0 Å². The molecule has 0 heteroatoms. The lowest BCUT2D eigenvalue weighted by Gasteiger charge is -2.12. The van der Waals surface area contributed by atoms with Gasteiger partial charge in [0.1, 0.15) is 0 Å². The van der Waals surface area contributed by atoms with Crippen LogP contribution in [-0.2, 0) is 6.42 Å². The van der Waals surface area contributed by atoms with Crippen LogP contribution in [0.4, 0.5) is 0 Å². The molecule has 5 aromatic carbocycles. The van der Waals surface area contributed by atoms with Crippen LogP contribution in [0.15, 0.2) is 66.7 Å². The van der Waals surface area contributed by atoms with E-state index in [2.05, 4.69) is 171 Å². The molecule has 0 amide bonds. The van der Waals surface area contributed by atoms with Crippen LogP contribution < -0.4 is 0 Å². The molecule has 0 saturated carbocycles. The predicted molar refractivity (Wildman–Crippen MR) is 228 cm³/mol. The SMILES string of the molecule is CC.CC.Cc1cc(C)c(C)c(C)c1C.Cc1cc(Cc2cc(C)c(C)c(C)c2)cc(C)c1C.Cc1ccc(-c2ccc(C)c(C)c2)cc1C. The molecule has 0 aliphatic carbocycles. The molecule has 0 aliphatic heterocycles. The highest BCUT2D eigenvalue weighted by molar-refractivity contribution is 5.66. The summed E-state index contributed by atoms with van der Waals surface area (Å²) in [6, 6.07) is 24.9. The third-order valence-corrected chi connectivity index (χ3v) is 10.5. The molecular formula is C50H70. The normalized spacial score (nSPS) is 9.98. The molecule has 0 heterocycles. The summed E-state index contributed by atoms with van der Waals surface area (Å²) < 4.78 is 0. The topological polar surface area (TPSA) is 0 Å². The minimum absolute atomic E-state index is 1.03. The average molecular weight is 671 g/mol. The molecule has 270 valence electrons. The first-order valence-corrected chi connectivity index (χ1v) is 18.8. The van der Waals surface area contributed by atoms with Gasteiger partial charge in [0.15, 0.2) is 0 Å². The van der Waals surface area contributed by atoms with Crippen molar-refractivity contribution in [1.82, 2.24) is 0 Å². The average Bonchev–Trinajstić information content (AvgIpc) is 3.09. The van der Waals surface area contributed by atoms with E-state index in [9.17, 15) is 0 Å². The lowest BCUT2D eigenvalue weighted by atomic mass is 9.94. The summed E-state index contributed by atoms with van der Waals surface area (Å²) in [4.78, 5) is 0. The monoisotopic (exact) mass is 671 g/mol. The quantitative estimate of drug-likeness (QED) is 0.179. The molecule has 0 aliphatic rings. The van der Waals surface area contributed by atoms with Crippen molar-refractivity contribution in [3.05, 3.63) is 161 Å². The summed E-state index contributed by atoms with van der Waals surface area (Å²) in [6.07, 6.45) is 1.03. The van der Waals surface area contributed by atoms with E-state index in [1.807, 2.05) is 27.7 Å².